The van der Waals surface area contributed by atoms with Crippen molar-refractivity contribution < 1.29 is 14.3 Å². The van der Waals surface area contributed by atoms with Gasteiger partial charge in [-0.15, -0.1) is 5.11 Å². The number of hydrogen-bond donors (Lipinski definition) is 1. The molecule has 8 heteroatoms. The lowest BCUT2D eigenvalue weighted by Crippen LogP contribution is -2.21. The smallest absolute Gasteiger partial charge is 0.354 e. The summed E-state index contributed by atoms with van der Waals surface area (Å²) in [5, 5.41) is 11.0. The minimum atomic E-state index is -1.05. The Morgan fingerprint density at radius 3 is 2.58 bits per heavy atom. The van der Waals surface area contributed by atoms with E-state index in [1.807, 2.05) is 0 Å². The number of carbonyl (C=O) groups excluding carboxylic acids is 1. The maximum Gasteiger partial charge on any atom is 0.354 e. The van der Waals surface area contributed by atoms with Crippen LogP contribution in [-0.4, -0.2) is 39.7 Å². The van der Waals surface area contributed by atoms with Gasteiger partial charge in [-0.3, -0.25) is 0 Å². The summed E-state index contributed by atoms with van der Waals surface area (Å²) in [6.45, 7) is 11.3. The second kappa shape index (κ2) is 9.62. The van der Waals surface area contributed by atoms with E-state index in [9.17, 15) is 4.79 Å². The predicted molar refractivity (Wildman–Crippen MR) is 76.7 cm³/mol. The molecule has 0 aromatic heterocycles. The van der Waals surface area contributed by atoms with Crippen LogP contribution < -0.4 is 5.53 Å². The molecule has 0 bridgehead atoms. The molecule has 0 aliphatic carbocycles. The van der Waals surface area contributed by atoms with E-state index in [4.69, 9.17) is 9.47 Å². The van der Waals surface area contributed by atoms with E-state index in [1.54, 1.807) is 6.92 Å². The predicted octanol–water partition coefficient (Wildman–Crippen LogP) is 2.19. The SMILES string of the molecule is CCOC(=O)/C(C)=N/NN=NCOCC[Si](C)(C)C. The average molecular weight is 288 g/mol. The Bertz CT molecular complexity index is 326. The van der Waals surface area contributed by atoms with Crippen molar-refractivity contribution in [2.75, 3.05) is 19.9 Å². The maximum atomic E-state index is 11.2. The summed E-state index contributed by atoms with van der Waals surface area (Å²) in [4.78, 5) is 11.2. The quantitative estimate of drug-likeness (QED) is 0.176. The average Bonchev–Trinajstić information content (AvgIpc) is 2.31. The molecule has 19 heavy (non-hydrogen) atoms. The number of ether oxygens (including phenoxy) is 2. The van der Waals surface area contributed by atoms with Crippen molar-refractivity contribution >= 4 is 19.8 Å². The standard InChI is InChI=1S/C11H24N4O3Si/c1-6-18-11(16)10(2)13-15-14-12-9-17-7-8-19(3,4)5/h6-9H2,1-5H3,(H,12,15)/b13-10+. The molecule has 1 N–H and O–H groups in total. The first-order chi connectivity index (χ1) is 8.87. The molecule has 0 radical (unpaired) electrons. The van der Waals surface area contributed by atoms with Crippen LogP contribution in [0.15, 0.2) is 15.4 Å². The van der Waals surface area contributed by atoms with Crippen LogP contribution in [0.4, 0.5) is 0 Å². The van der Waals surface area contributed by atoms with Crippen molar-refractivity contribution in [3.05, 3.63) is 0 Å². The van der Waals surface area contributed by atoms with Crippen LogP contribution in [0.5, 0.6) is 0 Å². The molecule has 0 saturated carbocycles. The summed E-state index contributed by atoms with van der Waals surface area (Å²) in [5.41, 5.74) is 2.50. The van der Waals surface area contributed by atoms with Crippen LogP contribution in [0.1, 0.15) is 13.8 Å². The molecule has 110 valence electrons. The van der Waals surface area contributed by atoms with E-state index in [-0.39, 0.29) is 12.4 Å². The molecule has 0 aromatic carbocycles. The summed E-state index contributed by atoms with van der Waals surface area (Å²) in [7, 11) is -1.05. The van der Waals surface area contributed by atoms with Crippen molar-refractivity contribution in [3.8, 4) is 0 Å². The molecule has 0 aliphatic heterocycles. The van der Waals surface area contributed by atoms with E-state index in [1.165, 1.54) is 6.92 Å². The molecule has 0 atom stereocenters. The number of nitrogens with one attached hydrogen (secondary N) is 1. The van der Waals surface area contributed by atoms with Gasteiger partial charge >= 0.3 is 5.97 Å². The lowest BCUT2D eigenvalue weighted by molar-refractivity contribution is -0.135. The third-order valence-electron chi connectivity index (χ3n) is 2.05. The summed E-state index contributed by atoms with van der Waals surface area (Å²) >= 11 is 0. The Hall–Kier alpha value is -1.28. The monoisotopic (exact) mass is 288 g/mol. The second-order valence-electron chi connectivity index (χ2n) is 5.11. The van der Waals surface area contributed by atoms with Crippen LogP contribution in [0, 0.1) is 0 Å². The zero-order valence-electron chi connectivity index (χ0n) is 12.4. The van der Waals surface area contributed by atoms with E-state index in [0.717, 1.165) is 6.04 Å². The highest BCUT2D eigenvalue weighted by atomic mass is 28.3. The number of carbonyl (C=O) groups is 1. The van der Waals surface area contributed by atoms with Gasteiger partial charge in [0.15, 0.2) is 6.73 Å². The highest BCUT2D eigenvalue weighted by molar-refractivity contribution is 6.76. The zero-order chi connectivity index (χ0) is 14.7. The number of hydrazone groups is 1. The van der Waals surface area contributed by atoms with Crippen LogP contribution in [0.25, 0.3) is 0 Å². The highest BCUT2D eigenvalue weighted by Gasteiger charge is 2.11. The minimum Gasteiger partial charge on any atom is -0.461 e. The van der Waals surface area contributed by atoms with Gasteiger partial charge < -0.3 is 9.47 Å². The lowest BCUT2D eigenvalue weighted by Gasteiger charge is -2.14. The number of esters is 1. The summed E-state index contributed by atoms with van der Waals surface area (Å²) < 4.78 is 10.0. The van der Waals surface area contributed by atoms with Crippen molar-refractivity contribution in [3.63, 3.8) is 0 Å². The zero-order valence-corrected chi connectivity index (χ0v) is 13.4. The normalized spacial score (nSPS) is 12.8. The van der Waals surface area contributed by atoms with Crippen molar-refractivity contribution in [2.24, 2.45) is 15.4 Å². The van der Waals surface area contributed by atoms with E-state index < -0.39 is 14.0 Å². The Morgan fingerprint density at radius 2 is 2.00 bits per heavy atom. The van der Waals surface area contributed by atoms with Crippen molar-refractivity contribution in [1.82, 2.24) is 5.53 Å². The molecule has 0 heterocycles. The molecule has 0 spiro atoms. The van der Waals surface area contributed by atoms with E-state index in [2.05, 4.69) is 40.6 Å². The molecule has 0 aliphatic rings. The summed E-state index contributed by atoms with van der Waals surface area (Å²) in [6, 6.07) is 1.09. The molecule has 0 rings (SSSR count). The van der Waals surface area contributed by atoms with Gasteiger partial charge in [0.05, 0.1) is 6.61 Å². The third kappa shape index (κ3) is 11.5. The maximum absolute atomic E-state index is 11.2. The fraction of sp³-hybridized carbons (Fsp3) is 0.818. The van der Waals surface area contributed by atoms with Gasteiger partial charge in [-0.2, -0.15) is 10.6 Å². The van der Waals surface area contributed by atoms with Crippen LogP contribution in [0.3, 0.4) is 0 Å². The molecule has 0 saturated heterocycles. The molecule has 0 unspecified atom stereocenters. The first-order valence-corrected chi connectivity index (χ1v) is 9.98. The van der Waals surface area contributed by atoms with Crippen molar-refractivity contribution in [1.29, 1.82) is 0 Å². The van der Waals surface area contributed by atoms with Gasteiger partial charge in [0.2, 0.25) is 0 Å². The van der Waals surface area contributed by atoms with Gasteiger partial charge in [0.1, 0.15) is 5.71 Å². The Kier molecular flexibility index (Phi) is 8.97. The molecular weight excluding hydrogens is 264 g/mol. The lowest BCUT2D eigenvalue weighted by atomic mass is 10.4. The summed E-state index contributed by atoms with van der Waals surface area (Å²) in [5.74, 6) is -0.475. The fourth-order valence-electron chi connectivity index (χ4n) is 0.923. The first kappa shape index (κ1) is 17.7. The highest BCUT2D eigenvalue weighted by Crippen LogP contribution is 2.07. The molecule has 0 aromatic rings. The van der Waals surface area contributed by atoms with Gasteiger partial charge in [-0.1, -0.05) is 24.9 Å². The second-order valence-corrected chi connectivity index (χ2v) is 10.7. The topological polar surface area (TPSA) is 84.6 Å². The minimum absolute atomic E-state index is 0.186. The van der Waals surface area contributed by atoms with Crippen LogP contribution in [0.2, 0.25) is 25.7 Å². The fourth-order valence-corrected chi connectivity index (χ4v) is 1.68. The largest absolute Gasteiger partial charge is 0.461 e. The summed E-state index contributed by atoms with van der Waals surface area (Å²) in [6.07, 6.45) is 0. The number of hydrogen-bond acceptors (Lipinski definition) is 6. The Morgan fingerprint density at radius 1 is 1.32 bits per heavy atom. The molecule has 7 nitrogen and oxygen atoms in total. The van der Waals surface area contributed by atoms with Gasteiger partial charge in [-0.25, -0.2) is 4.79 Å². The van der Waals surface area contributed by atoms with Gasteiger partial charge in [0, 0.05) is 14.7 Å². The molecular formula is C11H24N4O3Si. The Balaban J connectivity index is 3.69. The van der Waals surface area contributed by atoms with Crippen LogP contribution >= 0.6 is 0 Å². The van der Waals surface area contributed by atoms with Gasteiger partial charge in [-0.05, 0) is 19.9 Å². The number of nitrogens with zero attached hydrogens (tertiary/aromatic N) is 3. The van der Waals surface area contributed by atoms with Crippen LogP contribution in [-0.2, 0) is 14.3 Å². The Labute approximate surface area is 115 Å². The van der Waals surface area contributed by atoms with Gasteiger partial charge in [0.25, 0.3) is 0 Å². The number of rotatable bonds is 9. The first-order valence-electron chi connectivity index (χ1n) is 6.27. The molecule has 0 amide bonds. The van der Waals surface area contributed by atoms with E-state index in [0.29, 0.717) is 13.2 Å². The molecule has 0 fully saturated rings. The van der Waals surface area contributed by atoms with Crippen molar-refractivity contribution in [2.45, 2.75) is 39.5 Å². The third-order valence-corrected chi connectivity index (χ3v) is 3.75. The van der Waals surface area contributed by atoms with E-state index >= 15 is 0 Å².